The van der Waals surface area contributed by atoms with E-state index in [0.29, 0.717) is 18.3 Å². The summed E-state index contributed by atoms with van der Waals surface area (Å²) in [6.07, 6.45) is 5.14. The van der Waals surface area contributed by atoms with E-state index in [4.69, 9.17) is 19.9 Å². The molecule has 0 unspecified atom stereocenters. The summed E-state index contributed by atoms with van der Waals surface area (Å²) in [7, 11) is 1.61. The molecule has 3 aromatic heterocycles. The van der Waals surface area contributed by atoms with E-state index in [1.807, 2.05) is 47.2 Å². The number of fused-ring (bicyclic) bond motifs is 2. The second kappa shape index (κ2) is 7.21. The summed E-state index contributed by atoms with van der Waals surface area (Å²) in [5.41, 5.74) is 7.55. The van der Waals surface area contributed by atoms with Gasteiger partial charge in [0.2, 0.25) is 5.88 Å². The maximum atomic E-state index is 6.20. The van der Waals surface area contributed by atoms with Gasteiger partial charge in [0.25, 0.3) is 0 Å². The first kappa shape index (κ1) is 17.7. The molecule has 29 heavy (non-hydrogen) atoms. The van der Waals surface area contributed by atoms with Gasteiger partial charge in [0.05, 0.1) is 24.1 Å². The zero-order valence-corrected chi connectivity index (χ0v) is 16.0. The van der Waals surface area contributed by atoms with Crippen LogP contribution in [0, 0.1) is 0 Å². The molecule has 2 atom stereocenters. The fraction of sp³-hybridized carbons (Fsp3) is 0.286. The van der Waals surface area contributed by atoms with Gasteiger partial charge in [0.1, 0.15) is 36.4 Å². The molecule has 0 radical (unpaired) electrons. The van der Waals surface area contributed by atoms with Crippen molar-refractivity contribution in [3.05, 3.63) is 48.9 Å². The van der Waals surface area contributed by atoms with E-state index < -0.39 is 0 Å². The number of hydrogen-bond donors (Lipinski definition) is 1. The Hall–Kier alpha value is -3.39. The largest absolute Gasteiger partial charge is 0.491 e. The Balaban J connectivity index is 1.26. The van der Waals surface area contributed by atoms with Gasteiger partial charge in [-0.2, -0.15) is 0 Å². The highest BCUT2D eigenvalue weighted by Gasteiger charge is 2.28. The monoisotopic (exact) mass is 391 g/mol. The lowest BCUT2D eigenvalue weighted by atomic mass is 10.2. The van der Waals surface area contributed by atoms with Gasteiger partial charge in [-0.3, -0.25) is 0 Å². The molecule has 8 nitrogen and oxygen atoms in total. The molecule has 1 aromatic carbocycles. The van der Waals surface area contributed by atoms with Gasteiger partial charge in [-0.1, -0.05) is 0 Å². The van der Waals surface area contributed by atoms with Crippen molar-refractivity contribution in [3.63, 3.8) is 0 Å². The van der Waals surface area contributed by atoms with Crippen molar-refractivity contribution < 1.29 is 14.2 Å². The van der Waals surface area contributed by atoms with Crippen LogP contribution in [-0.4, -0.2) is 39.3 Å². The Kier molecular flexibility index (Phi) is 4.40. The molecule has 4 aromatic rings. The average Bonchev–Trinajstić information content (AvgIpc) is 3.39. The Labute approximate surface area is 167 Å². The van der Waals surface area contributed by atoms with Crippen LogP contribution in [0.5, 0.6) is 11.6 Å². The van der Waals surface area contributed by atoms with E-state index in [1.54, 1.807) is 7.11 Å². The van der Waals surface area contributed by atoms with Gasteiger partial charge in [-0.25, -0.2) is 15.0 Å². The van der Waals surface area contributed by atoms with Crippen LogP contribution in [0.25, 0.3) is 21.9 Å². The smallest absolute Gasteiger partial charge is 0.213 e. The predicted octanol–water partition coefficient (Wildman–Crippen LogP) is 3.33. The molecule has 148 valence electrons. The summed E-state index contributed by atoms with van der Waals surface area (Å²) in [5, 5.41) is 1.88. The van der Waals surface area contributed by atoms with Crippen molar-refractivity contribution in [2.75, 3.05) is 19.5 Å². The SMILES string of the molecule is COc1ccc2ccc(OC[C@@H]3CC[C@H](n4ccc5c(N)ncnc54)O3)cc2n1. The molecule has 1 saturated heterocycles. The quantitative estimate of drug-likeness (QED) is 0.557. The second-order valence-corrected chi connectivity index (χ2v) is 7.03. The standard InChI is InChI=1S/C21H21N5O3/c1-27-18-6-3-13-2-4-14(10-17(13)25-18)28-11-15-5-7-19(29-15)26-9-8-16-20(22)23-12-24-21(16)26/h2-4,6,8-10,12,15,19H,5,7,11H2,1H3,(H2,22,23,24)/t15-,19+/m0/s1. The number of nitrogens with zero attached hydrogens (tertiary/aromatic N) is 4. The highest BCUT2D eigenvalue weighted by Crippen LogP contribution is 2.32. The highest BCUT2D eigenvalue weighted by atomic mass is 16.6. The zero-order chi connectivity index (χ0) is 19.8. The number of aromatic nitrogens is 4. The number of nitrogen functional groups attached to an aromatic ring is 1. The van der Waals surface area contributed by atoms with Crippen molar-refractivity contribution >= 4 is 27.8 Å². The minimum atomic E-state index is -0.0852. The lowest BCUT2D eigenvalue weighted by Gasteiger charge is -2.16. The molecule has 8 heteroatoms. The third-order valence-corrected chi connectivity index (χ3v) is 5.22. The number of methoxy groups -OCH3 is 1. The average molecular weight is 391 g/mol. The summed E-state index contributed by atoms with van der Waals surface area (Å²) in [4.78, 5) is 12.8. The summed E-state index contributed by atoms with van der Waals surface area (Å²) in [5.74, 6) is 1.82. The van der Waals surface area contributed by atoms with E-state index in [-0.39, 0.29) is 12.3 Å². The maximum absolute atomic E-state index is 6.20. The number of anilines is 1. The summed E-state index contributed by atoms with van der Waals surface area (Å²) in [6, 6.07) is 11.6. The number of nitrogens with two attached hydrogens (primary N) is 1. The molecule has 1 aliphatic rings. The maximum Gasteiger partial charge on any atom is 0.213 e. The van der Waals surface area contributed by atoms with Gasteiger partial charge < -0.3 is 24.5 Å². The number of ether oxygens (including phenoxy) is 3. The topological polar surface area (TPSA) is 97.3 Å². The summed E-state index contributed by atoms with van der Waals surface area (Å²) in [6.45, 7) is 0.475. The summed E-state index contributed by atoms with van der Waals surface area (Å²) < 4.78 is 19.4. The van der Waals surface area contributed by atoms with Crippen LogP contribution in [0.3, 0.4) is 0 Å². The molecule has 5 rings (SSSR count). The normalized spacial score (nSPS) is 19.1. The highest BCUT2D eigenvalue weighted by molar-refractivity contribution is 5.86. The van der Waals surface area contributed by atoms with Crippen LogP contribution >= 0.6 is 0 Å². The molecule has 1 aliphatic heterocycles. The molecule has 2 N–H and O–H groups in total. The molecule has 0 saturated carbocycles. The van der Waals surface area contributed by atoms with Gasteiger partial charge in [-0.05, 0) is 37.1 Å². The lowest BCUT2D eigenvalue weighted by Crippen LogP contribution is -2.18. The van der Waals surface area contributed by atoms with Gasteiger partial charge in [0, 0.05) is 23.7 Å². The fourth-order valence-electron chi connectivity index (χ4n) is 3.71. The molecule has 1 fully saturated rings. The first-order chi connectivity index (χ1) is 14.2. The number of pyridine rings is 1. The van der Waals surface area contributed by atoms with Crippen LogP contribution in [0.15, 0.2) is 48.9 Å². The predicted molar refractivity (Wildman–Crippen MR) is 109 cm³/mol. The summed E-state index contributed by atoms with van der Waals surface area (Å²) >= 11 is 0. The van der Waals surface area contributed by atoms with Crippen LogP contribution < -0.4 is 15.2 Å². The van der Waals surface area contributed by atoms with E-state index in [2.05, 4.69) is 15.0 Å². The van der Waals surface area contributed by atoms with Crippen molar-refractivity contribution in [2.45, 2.75) is 25.2 Å². The number of benzene rings is 1. The van der Waals surface area contributed by atoms with Crippen molar-refractivity contribution in [1.29, 1.82) is 0 Å². The van der Waals surface area contributed by atoms with E-state index in [1.165, 1.54) is 6.33 Å². The molecule has 0 spiro atoms. The Bertz CT molecular complexity index is 1180. The Morgan fingerprint density at radius 1 is 1.17 bits per heavy atom. The molecule has 4 heterocycles. The van der Waals surface area contributed by atoms with Gasteiger partial charge in [0.15, 0.2) is 0 Å². The second-order valence-electron chi connectivity index (χ2n) is 7.03. The zero-order valence-electron chi connectivity index (χ0n) is 16.0. The third kappa shape index (κ3) is 3.31. The van der Waals surface area contributed by atoms with Crippen molar-refractivity contribution in [3.8, 4) is 11.6 Å². The Morgan fingerprint density at radius 3 is 2.97 bits per heavy atom. The van der Waals surface area contributed by atoms with Crippen molar-refractivity contribution in [1.82, 2.24) is 19.5 Å². The molecule has 0 amide bonds. The lowest BCUT2D eigenvalue weighted by molar-refractivity contribution is -0.0156. The van der Waals surface area contributed by atoms with Crippen LogP contribution in [0.4, 0.5) is 5.82 Å². The minimum absolute atomic E-state index is 0.00518. The Morgan fingerprint density at radius 2 is 2.07 bits per heavy atom. The number of rotatable bonds is 5. The van der Waals surface area contributed by atoms with E-state index >= 15 is 0 Å². The first-order valence-corrected chi connectivity index (χ1v) is 9.51. The van der Waals surface area contributed by atoms with E-state index in [9.17, 15) is 0 Å². The molecular formula is C21H21N5O3. The van der Waals surface area contributed by atoms with Gasteiger partial charge in [-0.15, -0.1) is 0 Å². The van der Waals surface area contributed by atoms with Crippen LogP contribution in [0.2, 0.25) is 0 Å². The molecule has 0 bridgehead atoms. The van der Waals surface area contributed by atoms with Crippen LogP contribution in [0.1, 0.15) is 19.1 Å². The minimum Gasteiger partial charge on any atom is -0.491 e. The molecular weight excluding hydrogens is 370 g/mol. The van der Waals surface area contributed by atoms with E-state index in [0.717, 1.165) is 40.5 Å². The molecule has 0 aliphatic carbocycles. The fourth-order valence-corrected chi connectivity index (χ4v) is 3.71. The van der Waals surface area contributed by atoms with Crippen LogP contribution in [-0.2, 0) is 4.74 Å². The number of hydrogen-bond acceptors (Lipinski definition) is 7. The van der Waals surface area contributed by atoms with Gasteiger partial charge >= 0.3 is 0 Å². The van der Waals surface area contributed by atoms with Crippen molar-refractivity contribution in [2.24, 2.45) is 0 Å². The first-order valence-electron chi connectivity index (χ1n) is 9.51. The third-order valence-electron chi connectivity index (χ3n) is 5.22.